The number of alkyl halides is 1. The molecular formula is C14H19ClN2O2S. The minimum absolute atomic E-state index is 0.268. The first-order valence-electron chi connectivity index (χ1n) is 6.62. The second-order valence-electron chi connectivity index (χ2n) is 5.18. The molecule has 1 heterocycles. The van der Waals surface area contributed by atoms with Crippen LogP contribution in [0.5, 0.6) is 0 Å². The maximum Gasteiger partial charge on any atom is 0.177 e. The number of aromatic nitrogens is 2. The summed E-state index contributed by atoms with van der Waals surface area (Å²) in [7, 11) is -3.29. The molecular weight excluding hydrogens is 296 g/mol. The molecule has 4 nitrogen and oxygen atoms in total. The molecule has 2 aromatic rings. The number of hydrogen-bond acceptors (Lipinski definition) is 3. The number of fused-ring (bicyclic) bond motifs is 1. The summed E-state index contributed by atoms with van der Waals surface area (Å²) in [5.41, 5.74) is 1.36. The molecule has 1 atom stereocenters. The third-order valence-electron chi connectivity index (χ3n) is 3.53. The molecule has 0 aliphatic carbocycles. The lowest BCUT2D eigenvalue weighted by atomic mass is 10.1. The van der Waals surface area contributed by atoms with Crippen molar-refractivity contribution in [3.63, 3.8) is 0 Å². The van der Waals surface area contributed by atoms with E-state index in [1.165, 1.54) is 6.26 Å². The summed E-state index contributed by atoms with van der Waals surface area (Å²) < 4.78 is 25.7. The van der Waals surface area contributed by atoms with Crippen molar-refractivity contribution in [2.45, 2.75) is 37.6 Å². The Morgan fingerprint density at radius 2 is 2.10 bits per heavy atom. The molecule has 110 valence electrons. The lowest BCUT2D eigenvalue weighted by Gasteiger charge is -2.12. The van der Waals surface area contributed by atoms with E-state index in [1.807, 2.05) is 10.6 Å². The lowest BCUT2D eigenvalue weighted by Crippen LogP contribution is -2.09. The molecule has 2 rings (SSSR count). The predicted molar refractivity (Wildman–Crippen MR) is 81.9 cm³/mol. The Kier molecular flexibility index (Phi) is 4.39. The van der Waals surface area contributed by atoms with Crippen LogP contribution in [0.1, 0.15) is 26.1 Å². The number of sulfone groups is 1. The number of imidazole rings is 1. The third-order valence-corrected chi connectivity index (χ3v) is 4.90. The largest absolute Gasteiger partial charge is 0.327 e. The molecule has 0 amide bonds. The molecule has 0 saturated heterocycles. The van der Waals surface area contributed by atoms with E-state index in [-0.39, 0.29) is 10.8 Å². The van der Waals surface area contributed by atoms with E-state index < -0.39 is 9.84 Å². The molecule has 1 aromatic heterocycles. The van der Waals surface area contributed by atoms with Crippen molar-refractivity contribution in [3.05, 3.63) is 24.0 Å². The smallest absolute Gasteiger partial charge is 0.177 e. The summed E-state index contributed by atoms with van der Waals surface area (Å²) in [4.78, 5) is 4.70. The molecule has 0 spiro atoms. The summed E-state index contributed by atoms with van der Waals surface area (Å²) in [6.07, 6.45) is 2.25. The van der Waals surface area contributed by atoms with Crippen molar-refractivity contribution >= 4 is 32.5 Å². The van der Waals surface area contributed by atoms with E-state index in [9.17, 15) is 8.42 Å². The van der Waals surface area contributed by atoms with Crippen LogP contribution in [-0.2, 0) is 22.3 Å². The highest BCUT2D eigenvalue weighted by Crippen LogP contribution is 2.25. The van der Waals surface area contributed by atoms with Gasteiger partial charge < -0.3 is 4.57 Å². The molecule has 20 heavy (non-hydrogen) atoms. The van der Waals surface area contributed by atoms with Gasteiger partial charge in [-0.25, -0.2) is 13.4 Å². The number of halogens is 1. The zero-order chi connectivity index (χ0) is 14.9. The van der Waals surface area contributed by atoms with Crippen LogP contribution in [0, 0.1) is 5.92 Å². The monoisotopic (exact) mass is 314 g/mol. The van der Waals surface area contributed by atoms with E-state index in [0.29, 0.717) is 11.4 Å². The molecule has 0 fully saturated rings. The molecule has 0 aliphatic heterocycles. The van der Waals surface area contributed by atoms with Gasteiger partial charge in [0.1, 0.15) is 11.3 Å². The summed E-state index contributed by atoms with van der Waals surface area (Å²) in [6, 6.07) is 5.25. The standard InChI is InChI=1S/C14H19ClN2O2S/c1-4-10(2)9-17-11-6-5-7-12(20(3,18)19)14(11)16-13(17)8-15/h5-7,10H,4,8-9H2,1-3H3. The minimum Gasteiger partial charge on any atom is -0.327 e. The number of rotatable bonds is 5. The molecule has 6 heteroatoms. The van der Waals surface area contributed by atoms with Crippen LogP contribution in [0.2, 0.25) is 0 Å². The first-order chi connectivity index (χ1) is 9.38. The van der Waals surface area contributed by atoms with E-state index in [4.69, 9.17) is 11.6 Å². The molecule has 0 saturated carbocycles. The summed E-state index contributed by atoms with van der Waals surface area (Å²) >= 11 is 5.96. The maximum atomic E-state index is 11.9. The molecule has 0 bridgehead atoms. The van der Waals surface area contributed by atoms with Gasteiger partial charge in [-0.1, -0.05) is 26.3 Å². The lowest BCUT2D eigenvalue weighted by molar-refractivity contribution is 0.469. The Labute approximate surface area is 124 Å². The van der Waals surface area contributed by atoms with Crippen LogP contribution in [0.3, 0.4) is 0 Å². The van der Waals surface area contributed by atoms with Crippen LogP contribution in [0.25, 0.3) is 11.0 Å². The Bertz CT molecular complexity index is 722. The highest BCUT2D eigenvalue weighted by Gasteiger charge is 2.18. The van der Waals surface area contributed by atoms with E-state index in [1.54, 1.807) is 12.1 Å². The summed E-state index contributed by atoms with van der Waals surface area (Å²) in [5, 5.41) is 0. The number of hydrogen-bond donors (Lipinski definition) is 0. The number of nitrogens with zero attached hydrogens (tertiary/aromatic N) is 2. The fraction of sp³-hybridized carbons (Fsp3) is 0.500. The first kappa shape index (κ1) is 15.3. The van der Waals surface area contributed by atoms with Crippen LogP contribution < -0.4 is 0 Å². The molecule has 0 radical (unpaired) electrons. The van der Waals surface area contributed by atoms with Crippen molar-refractivity contribution in [1.29, 1.82) is 0 Å². The predicted octanol–water partition coefficient (Wildman–Crippen LogP) is 3.22. The average Bonchev–Trinajstić information content (AvgIpc) is 2.75. The molecule has 0 N–H and O–H groups in total. The van der Waals surface area contributed by atoms with Gasteiger partial charge in [-0.3, -0.25) is 0 Å². The first-order valence-corrected chi connectivity index (χ1v) is 9.05. The van der Waals surface area contributed by atoms with Gasteiger partial charge in [0.15, 0.2) is 9.84 Å². The van der Waals surface area contributed by atoms with E-state index in [0.717, 1.165) is 24.3 Å². The van der Waals surface area contributed by atoms with Crippen LogP contribution in [0.15, 0.2) is 23.1 Å². The fourth-order valence-electron chi connectivity index (χ4n) is 2.22. The topological polar surface area (TPSA) is 52.0 Å². The van der Waals surface area contributed by atoms with Crippen LogP contribution in [-0.4, -0.2) is 24.2 Å². The van der Waals surface area contributed by atoms with Crippen LogP contribution in [0.4, 0.5) is 0 Å². The number of benzene rings is 1. The Hall–Kier alpha value is -1.07. The van der Waals surface area contributed by atoms with Gasteiger partial charge in [0.25, 0.3) is 0 Å². The van der Waals surface area contributed by atoms with Gasteiger partial charge in [-0.2, -0.15) is 0 Å². The zero-order valence-corrected chi connectivity index (χ0v) is 13.5. The Morgan fingerprint density at radius 1 is 1.40 bits per heavy atom. The van der Waals surface area contributed by atoms with Crippen molar-refractivity contribution < 1.29 is 8.42 Å². The Morgan fingerprint density at radius 3 is 2.65 bits per heavy atom. The zero-order valence-electron chi connectivity index (χ0n) is 11.9. The van der Waals surface area contributed by atoms with Gasteiger partial charge in [-0.15, -0.1) is 11.6 Å². The Balaban J connectivity index is 2.69. The summed E-state index contributed by atoms with van der Waals surface area (Å²) in [5.74, 6) is 1.48. The van der Waals surface area contributed by atoms with Gasteiger partial charge in [0, 0.05) is 12.8 Å². The van der Waals surface area contributed by atoms with Crippen LogP contribution >= 0.6 is 11.6 Å². The highest BCUT2D eigenvalue weighted by atomic mass is 35.5. The number of para-hydroxylation sites is 1. The van der Waals surface area contributed by atoms with Crippen molar-refractivity contribution in [2.75, 3.05) is 6.26 Å². The van der Waals surface area contributed by atoms with E-state index in [2.05, 4.69) is 18.8 Å². The minimum atomic E-state index is -3.29. The van der Waals surface area contributed by atoms with E-state index >= 15 is 0 Å². The fourth-order valence-corrected chi connectivity index (χ4v) is 3.25. The van der Waals surface area contributed by atoms with Gasteiger partial charge in [0.05, 0.1) is 16.3 Å². The molecule has 0 aliphatic rings. The normalized spacial score (nSPS) is 13.8. The molecule has 1 aromatic carbocycles. The molecule has 1 unspecified atom stereocenters. The quantitative estimate of drug-likeness (QED) is 0.796. The van der Waals surface area contributed by atoms with Gasteiger partial charge in [0.2, 0.25) is 0 Å². The third kappa shape index (κ3) is 2.83. The SMILES string of the molecule is CCC(C)Cn1c(CCl)nc2c(S(C)(=O)=O)cccc21. The highest BCUT2D eigenvalue weighted by molar-refractivity contribution is 7.91. The summed E-state index contributed by atoms with van der Waals surface area (Å²) in [6.45, 7) is 5.08. The van der Waals surface area contributed by atoms with Crippen molar-refractivity contribution in [3.8, 4) is 0 Å². The van der Waals surface area contributed by atoms with Crippen molar-refractivity contribution in [2.24, 2.45) is 5.92 Å². The average molecular weight is 315 g/mol. The van der Waals surface area contributed by atoms with Gasteiger partial charge in [-0.05, 0) is 18.1 Å². The van der Waals surface area contributed by atoms with Gasteiger partial charge >= 0.3 is 0 Å². The second kappa shape index (κ2) is 5.74. The second-order valence-corrected chi connectivity index (χ2v) is 7.43. The maximum absolute atomic E-state index is 11.9. The van der Waals surface area contributed by atoms with Crippen molar-refractivity contribution in [1.82, 2.24) is 9.55 Å².